The highest BCUT2D eigenvalue weighted by atomic mass is 35.5. The number of benzene rings is 1. The second-order valence-corrected chi connectivity index (χ2v) is 5.55. The Hall–Kier alpha value is -1.32. The molecule has 100 valence electrons. The molecule has 1 aromatic carbocycles. The van der Waals surface area contributed by atoms with Crippen LogP contribution in [0.2, 0.25) is 5.02 Å². The molecule has 1 atom stereocenters. The van der Waals surface area contributed by atoms with Crippen molar-refractivity contribution >= 4 is 11.6 Å². The van der Waals surface area contributed by atoms with E-state index in [1.807, 2.05) is 25.5 Å². The van der Waals surface area contributed by atoms with Gasteiger partial charge in [0, 0.05) is 6.04 Å². The van der Waals surface area contributed by atoms with Crippen LogP contribution >= 0.6 is 11.6 Å². The summed E-state index contributed by atoms with van der Waals surface area (Å²) in [5, 5.41) is 4.33. The number of hydrogen-bond acceptors (Lipinski definition) is 2. The van der Waals surface area contributed by atoms with E-state index >= 15 is 0 Å². The van der Waals surface area contributed by atoms with Gasteiger partial charge in [-0.1, -0.05) is 24.1 Å². The Labute approximate surface area is 118 Å². The molecule has 0 spiro atoms. The fourth-order valence-corrected chi connectivity index (χ4v) is 3.00. The lowest BCUT2D eigenvalue weighted by Gasteiger charge is -2.24. The lowest BCUT2D eigenvalue weighted by atomic mass is 10.0. The van der Waals surface area contributed by atoms with Crippen LogP contribution in [0.5, 0.6) is 0 Å². The first-order chi connectivity index (χ1) is 9.25. The van der Waals surface area contributed by atoms with Gasteiger partial charge in [-0.25, -0.2) is 4.98 Å². The Morgan fingerprint density at radius 3 is 3.00 bits per heavy atom. The molecule has 1 aliphatic heterocycles. The molecule has 3 nitrogen and oxygen atoms in total. The molecule has 1 saturated heterocycles. The van der Waals surface area contributed by atoms with E-state index in [-0.39, 0.29) is 0 Å². The van der Waals surface area contributed by atoms with Gasteiger partial charge in [0.25, 0.3) is 0 Å². The number of hydrogen-bond donors (Lipinski definition) is 1. The van der Waals surface area contributed by atoms with Gasteiger partial charge in [-0.05, 0) is 44.0 Å². The summed E-state index contributed by atoms with van der Waals surface area (Å²) < 4.78 is 2.10. The summed E-state index contributed by atoms with van der Waals surface area (Å²) in [4.78, 5) is 4.30. The SMILES string of the molecule is Cc1ccc(-n2cncc2C2CCCCN2)c(Cl)c1. The fraction of sp³-hybridized carbons (Fsp3) is 0.400. The van der Waals surface area contributed by atoms with E-state index < -0.39 is 0 Å². The molecule has 2 aromatic rings. The number of nitrogens with zero attached hydrogens (tertiary/aromatic N) is 2. The van der Waals surface area contributed by atoms with Gasteiger partial charge in [-0.3, -0.25) is 0 Å². The van der Waals surface area contributed by atoms with Crippen LogP contribution in [-0.4, -0.2) is 16.1 Å². The van der Waals surface area contributed by atoms with Crippen LogP contribution in [0, 0.1) is 6.92 Å². The molecule has 4 heteroatoms. The third-order valence-corrected chi connectivity index (χ3v) is 4.00. The lowest BCUT2D eigenvalue weighted by molar-refractivity contribution is 0.402. The average Bonchev–Trinajstić information content (AvgIpc) is 2.89. The molecular weight excluding hydrogens is 258 g/mol. The van der Waals surface area contributed by atoms with E-state index in [9.17, 15) is 0 Å². The second kappa shape index (κ2) is 5.35. The van der Waals surface area contributed by atoms with Crippen molar-refractivity contribution in [2.24, 2.45) is 0 Å². The summed E-state index contributed by atoms with van der Waals surface area (Å²) in [7, 11) is 0. The van der Waals surface area contributed by atoms with Gasteiger partial charge in [0.05, 0.1) is 28.9 Å². The summed E-state index contributed by atoms with van der Waals surface area (Å²) >= 11 is 6.36. The number of aromatic nitrogens is 2. The maximum absolute atomic E-state index is 6.36. The molecular formula is C15H18ClN3. The summed E-state index contributed by atoms with van der Waals surface area (Å²) in [6.45, 7) is 3.13. The van der Waals surface area contributed by atoms with Gasteiger partial charge in [0.15, 0.2) is 0 Å². The van der Waals surface area contributed by atoms with Gasteiger partial charge in [-0.2, -0.15) is 0 Å². The topological polar surface area (TPSA) is 29.9 Å². The molecule has 19 heavy (non-hydrogen) atoms. The fourth-order valence-electron chi connectivity index (χ4n) is 2.68. The maximum Gasteiger partial charge on any atom is 0.0995 e. The highest BCUT2D eigenvalue weighted by Gasteiger charge is 2.19. The van der Waals surface area contributed by atoms with Crippen LogP contribution in [0.4, 0.5) is 0 Å². The molecule has 0 radical (unpaired) electrons. The number of piperidine rings is 1. The third-order valence-electron chi connectivity index (χ3n) is 3.70. The van der Waals surface area contributed by atoms with Crippen LogP contribution < -0.4 is 5.32 Å². The van der Waals surface area contributed by atoms with Crippen LogP contribution in [0.1, 0.15) is 36.6 Å². The number of rotatable bonds is 2. The highest BCUT2D eigenvalue weighted by Crippen LogP contribution is 2.28. The summed E-state index contributed by atoms with van der Waals surface area (Å²) in [5.41, 5.74) is 3.38. The zero-order chi connectivity index (χ0) is 13.2. The van der Waals surface area contributed by atoms with Crippen molar-refractivity contribution in [2.45, 2.75) is 32.2 Å². The monoisotopic (exact) mass is 275 g/mol. The predicted molar refractivity (Wildman–Crippen MR) is 77.9 cm³/mol. The van der Waals surface area contributed by atoms with Crippen molar-refractivity contribution < 1.29 is 0 Å². The molecule has 1 fully saturated rings. The molecule has 2 heterocycles. The molecule has 0 saturated carbocycles. The van der Waals surface area contributed by atoms with Crippen molar-refractivity contribution in [3.63, 3.8) is 0 Å². The van der Waals surface area contributed by atoms with Crippen LogP contribution in [0.3, 0.4) is 0 Å². The largest absolute Gasteiger partial charge is 0.309 e. The van der Waals surface area contributed by atoms with Crippen LogP contribution in [0.25, 0.3) is 5.69 Å². The molecule has 3 rings (SSSR count). The molecule has 1 N–H and O–H groups in total. The summed E-state index contributed by atoms with van der Waals surface area (Å²) in [6, 6.07) is 6.52. The van der Waals surface area contributed by atoms with Crippen LogP contribution in [-0.2, 0) is 0 Å². The number of halogens is 1. The van der Waals surface area contributed by atoms with Crippen molar-refractivity contribution in [2.75, 3.05) is 6.54 Å². The van der Waals surface area contributed by atoms with Gasteiger partial charge in [-0.15, -0.1) is 0 Å². The first-order valence-corrected chi connectivity index (χ1v) is 7.15. The van der Waals surface area contributed by atoms with E-state index in [2.05, 4.69) is 27.0 Å². The molecule has 0 bridgehead atoms. The highest BCUT2D eigenvalue weighted by molar-refractivity contribution is 6.32. The van der Waals surface area contributed by atoms with Gasteiger partial charge >= 0.3 is 0 Å². The van der Waals surface area contributed by atoms with Gasteiger partial charge < -0.3 is 9.88 Å². The standard InChI is InChI=1S/C15H18ClN3/c1-11-5-6-14(12(16)8-11)19-10-17-9-15(19)13-4-2-3-7-18-13/h5-6,8-10,13,18H,2-4,7H2,1H3. The van der Waals surface area contributed by atoms with E-state index in [0.717, 1.165) is 23.7 Å². The van der Waals surface area contributed by atoms with Crippen molar-refractivity contribution in [1.29, 1.82) is 0 Å². The van der Waals surface area contributed by atoms with E-state index in [4.69, 9.17) is 11.6 Å². The Morgan fingerprint density at radius 1 is 1.37 bits per heavy atom. The minimum Gasteiger partial charge on any atom is -0.309 e. The molecule has 1 unspecified atom stereocenters. The number of aryl methyl sites for hydroxylation is 1. The molecule has 0 amide bonds. The Kier molecular flexibility index (Phi) is 3.58. The smallest absolute Gasteiger partial charge is 0.0995 e. The van der Waals surface area contributed by atoms with E-state index in [1.54, 1.807) is 0 Å². The summed E-state index contributed by atoms with van der Waals surface area (Å²) in [6.07, 6.45) is 7.48. The van der Waals surface area contributed by atoms with Crippen molar-refractivity contribution in [1.82, 2.24) is 14.9 Å². The average molecular weight is 276 g/mol. The number of imidazole rings is 1. The zero-order valence-electron chi connectivity index (χ0n) is 11.1. The summed E-state index contributed by atoms with van der Waals surface area (Å²) in [5.74, 6) is 0. The molecule has 1 aliphatic rings. The third kappa shape index (κ3) is 2.53. The Morgan fingerprint density at radius 2 is 2.26 bits per heavy atom. The van der Waals surface area contributed by atoms with E-state index in [1.165, 1.54) is 24.1 Å². The minimum absolute atomic E-state index is 0.383. The van der Waals surface area contributed by atoms with Gasteiger partial charge in [0.2, 0.25) is 0 Å². The molecule has 0 aliphatic carbocycles. The van der Waals surface area contributed by atoms with Crippen molar-refractivity contribution in [3.8, 4) is 5.69 Å². The zero-order valence-corrected chi connectivity index (χ0v) is 11.8. The quantitative estimate of drug-likeness (QED) is 0.907. The normalized spacial score (nSPS) is 19.6. The van der Waals surface area contributed by atoms with Gasteiger partial charge in [0.1, 0.15) is 0 Å². The maximum atomic E-state index is 6.36. The minimum atomic E-state index is 0.383. The first kappa shape index (κ1) is 12.7. The Bertz CT molecular complexity index is 571. The lowest BCUT2D eigenvalue weighted by Crippen LogP contribution is -2.28. The van der Waals surface area contributed by atoms with E-state index in [0.29, 0.717) is 6.04 Å². The first-order valence-electron chi connectivity index (χ1n) is 6.78. The van der Waals surface area contributed by atoms with Crippen molar-refractivity contribution in [3.05, 3.63) is 47.0 Å². The van der Waals surface area contributed by atoms with Crippen LogP contribution in [0.15, 0.2) is 30.7 Å². The second-order valence-electron chi connectivity index (χ2n) is 5.15. The number of nitrogens with one attached hydrogen (secondary N) is 1. The predicted octanol–water partition coefficient (Wildman–Crippen LogP) is 3.65. The molecule has 1 aromatic heterocycles. The Balaban J connectivity index is 1.99.